The van der Waals surface area contributed by atoms with Crippen molar-refractivity contribution in [3.63, 3.8) is 0 Å². The Bertz CT molecular complexity index is 261. The van der Waals surface area contributed by atoms with Gasteiger partial charge in [0.25, 0.3) is 0 Å². The predicted octanol–water partition coefficient (Wildman–Crippen LogP) is 3.26. The SMILES string of the molecule is Cc1cc(Br)cc(CNC(C)C)c1. The summed E-state index contributed by atoms with van der Waals surface area (Å²) in [6.07, 6.45) is 0. The summed E-state index contributed by atoms with van der Waals surface area (Å²) < 4.78 is 1.16. The van der Waals surface area contributed by atoms with Crippen molar-refractivity contribution in [2.45, 2.75) is 33.4 Å². The molecule has 1 nitrogen and oxygen atoms in total. The van der Waals surface area contributed by atoms with Gasteiger partial charge in [-0.2, -0.15) is 0 Å². The van der Waals surface area contributed by atoms with Crippen LogP contribution in [0, 0.1) is 6.92 Å². The predicted molar refractivity (Wildman–Crippen MR) is 60.9 cm³/mol. The van der Waals surface area contributed by atoms with Gasteiger partial charge in [0.1, 0.15) is 0 Å². The highest BCUT2D eigenvalue weighted by molar-refractivity contribution is 9.10. The topological polar surface area (TPSA) is 12.0 Å². The summed E-state index contributed by atoms with van der Waals surface area (Å²) in [5, 5.41) is 3.40. The second-order valence-corrected chi connectivity index (χ2v) is 4.59. The maximum absolute atomic E-state index is 3.49. The molecule has 1 N–H and O–H groups in total. The minimum atomic E-state index is 0.541. The Labute approximate surface area is 88.7 Å². The first-order valence-corrected chi connectivity index (χ1v) is 5.36. The highest BCUT2D eigenvalue weighted by Crippen LogP contribution is 2.15. The van der Waals surface area contributed by atoms with Gasteiger partial charge < -0.3 is 5.32 Å². The minimum absolute atomic E-state index is 0.541. The maximum Gasteiger partial charge on any atom is 0.0208 e. The van der Waals surface area contributed by atoms with Crippen LogP contribution >= 0.6 is 15.9 Å². The van der Waals surface area contributed by atoms with E-state index in [1.54, 1.807) is 0 Å². The van der Waals surface area contributed by atoms with E-state index in [2.05, 4.69) is 60.2 Å². The summed E-state index contributed by atoms with van der Waals surface area (Å²) in [6, 6.07) is 7.03. The van der Waals surface area contributed by atoms with Gasteiger partial charge in [-0.05, 0) is 30.2 Å². The van der Waals surface area contributed by atoms with Crippen molar-refractivity contribution in [3.8, 4) is 0 Å². The average molecular weight is 242 g/mol. The molecule has 0 amide bonds. The van der Waals surface area contributed by atoms with E-state index in [-0.39, 0.29) is 0 Å². The van der Waals surface area contributed by atoms with E-state index in [9.17, 15) is 0 Å². The van der Waals surface area contributed by atoms with Gasteiger partial charge in [-0.15, -0.1) is 0 Å². The van der Waals surface area contributed by atoms with Crippen LogP contribution in [0.2, 0.25) is 0 Å². The molecule has 0 aliphatic carbocycles. The molecule has 0 bridgehead atoms. The molecule has 1 aromatic rings. The summed E-state index contributed by atoms with van der Waals surface area (Å²) in [5.74, 6) is 0. The molecule has 0 heterocycles. The normalized spacial score (nSPS) is 10.8. The zero-order chi connectivity index (χ0) is 9.84. The van der Waals surface area contributed by atoms with Crippen molar-refractivity contribution < 1.29 is 0 Å². The number of aryl methyl sites for hydroxylation is 1. The third-order valence-corrected chi connectivity index (χ3v) is 2.27. The highest BCUT2D eigenvalue weighted by Gasteiger charge is 1.97. The van der Waals surface area contributed by atoms with E-state index in [4.69, 9.17) is 0 Å². The lowest BCUT2D eigenvalue weighted by molar-refractivity contribution is 0.588. The summed E-state index contributed by atoms with van der Waals surface area (Å²) in [5.41, 5.74) is 2.63. The molecule has 0 saturated heterocycles. The zero-order valence-electron chi connectivity index (χ0n) is 8.39. The summed E-state index contributed by atoms with van der Waals surface area (Å²) in [6.45, 7) is 7.37. The molecule has 0 atom stereocenters. The maximum atomic E-state index is 3.49. The molecule has 0 aromatic heterocycles. The van der Waals surface area contributed by atoms with Gasteiger partial charge >= 0.3 is 0 Å². The van der Waals surface area contributed by atoms with Crippen LogP contribution in [0.1, 0.15) is 25.0 Å². The Morgan fingerprint density at radius 1 is 1.31 bits per heavy atom. The van der Waals surface area contributed by atoms with Gasteiger partial charge in [0.05, 0.1) is 0 Å². The molecular formula is C11H16BrN. The number of rotatable bonds is 3. The number of hydrogen-bond acceptors (Lipinski definition) is 1. The lowest BCUT2D eigenvalue weighted by Gasteiger charge is -2.09. The Kier molecular flexibility index (Phi) is 3.94. The van der Waals surface area contributed by atoms with Gasteiger partial charge in [-0.25, -0.2) is 0 Å². The second-order valence-electron chi connectivity index (χ2n) is 3.67. The van der Waals surface area contributed by atoms with E-state index in [1.165, 1.54) is 11.1 Å². The summed E-state index contributed by atoms with van der Waals surface area (Å²) >= 11 is 3.49. The largest absolute Gasteiger partial charge is 0.310 e. The van der Waals surface area contributed by atoms with Gasteiger partial charge in [-0.1, -0.05) is 35.8 Å². The molecular weight excluding hydrogens is 226 g/mol. The van der Waals surface area contributed by atoms with E-state index < -0.39 is 0 Å². The summed E-state index contributed by atoms with van der Waals surface area (Å²) in [7, 11) is 0. The van der Waals surface area contributed by atoms with Gasteiger partial charge in [0.15, 0.2) is 0 Å². The number of benzene rings is 1. The van der Waals surface area contributed by atoms with E-state index >= 15 is 0 Å². The van der Waals surface area contributed by atoms with Gasteiger partial charge in [-0.3, -0.25) is 0 Å². The van der Waals surface area contributed by atoms with E-state index in [1.807, 2.05) is 0 Å². The molecule has 0 spiro atoms. The van der Waals surface area contributed by atoms with Crippen molar-refractivity contribution in [3.05, 3.63) is 33.8 Å². The van der Waals surface area contributed by atoms with Crippen molar-refractivity contribution in [1.29, 1.82) is 0 Å². The number of hydrogen-bond donors (Lipinski definition) is 1. The van der Waals surface area contributed by atoms with Crippen LogP contribution < -0.4 is 5.32 Å². The van der Waals surface area contributed by atoms with Crippen molar-refractivity contribution >= 4 is 15.9 Å². The molecule has 2 heteroatoms. The average Bonchev–Trinajstić information content (AvgIpc) is 1.99. The molecule has 1 aromatic carbocycles. The highest BCUT2D eigenvalue weighted by atomic mass is 79.9. The summed E-state index contributed by atoms with van der Waals surface area (Å²) in [4.78, 5) is 0. The van der Waals surface area contributed by atoms with Crippen LogP contribution in [0.15, 0.2) is 22.7 Å². The number of nitrogens with one attached hydrogen (secondary N) is 1. The molecule has 0 aliphatic rings. The van der Waals surface area contributed by atoms with Crippen LogP contribution in [0.5, 0.6) is 0 Å². The van der Waals surface area contributed by atoms with Gasteiger partial charge in [0, 0.05) is 17.1 Å². The van der Waals surface area contributed by atoms with Crippen LogP contribution in [0.25, 0.3) is 0 Å². The second kappa shape index (κ2) is 4.77. The Morgan fingerprint density at radius 2 is 2.00 bits per heavy atom. The fourth-order valence-corrected chi connectivity index (χ4v) is 1.89. The van der Waals surface area contributed by atoms with Crippen LogP contribution in [0.3, 0.4) is 0 Å². The minimum Gasteiger partial charge on any atom is -0.310 e. The molecule has 1 rings (SSSR count). The lowest BCUT2D eigenvalue weighted by atomic mass is 10.1. The molecule has 0 unspecified atom stereocenters. The monoisotopic (exact) mass is 241 g/mol. The van der Waals surface area contributed by atoms with Gasteiger partial charge in [0.2, 0.25) is 0 Å². The first kappa shape index (κ1) is 10.7. The van der Waals surface area contributed by atoms with Crippen LogP contribution in [-0.4, -0.2) is 6.04 Å². The molecule has 0 radical (unpaired) electrons. The smallest absolute Gasteiger partial charge is 0.0208 e. The molecule has 0 fully saturated rings. The van der Waals surface area contributed by atoms with Crippen LogP contribution in [-0.2, 0) is 6.54 Å². The fourth-order valence-electron chi connectivity index (χ4n) is 1.24. The lowest BCUT2D eigenvalue weighted by Crippen LogP contribution is -2.21. The first-order valence-electron chi connectivity index (χ1n) is 4.57. The molecule has 72 valence electrons. The van der Waals surface area contributed by atoms with Crippen molar-refractivity contribution in [2.75, 3.05) is 0 Å². The Balaban J connectivity index is 2.66. The van der Waals surface area contributed by atoms with Crippen molar-refractivity contribution in [2.24, 2.45) is 0 Å². The zero-order valence-corrected chi connectivity index (χ0v) is 9.98. The molecule has 13 heavy (non-hydrogen) atoms. The molecule has 0 aliphatic heterocycles. The quantitative estimate of drug-likeness (QED) is 0.857. The number of halogens is 1. The standard InChI is InChI=1S/C11H16BrN/c1-8(2)13-7-10-4-9(3)5-11(12)6-10/h4-6,8,13H,7H2,1-3H3. The molecule has 0 saturated carbocycles. The third kappa shape index (κ3) is 3.92. The van der Waals surface area contributed by atoms with Crippen molar-refractivity contribution in [1.82, 2.24) is 5.32 Å². The van der Waals surface area contributed by atoms with E-state index in [0.717, 1.165) is 11.0 Å². The third-order valence-electron chi connectivity index (χ3n) is 1.82. The van der Waals surface area contributed by atoms with E-state index in [0.29, 0.717) is 6.04 Å². The Morgan fingerprint density at radius 3 is 2.54 bits per heavy atom. The van der Waals surface area contributed by atoms with Crippen LogP contribution in [0.4, 0.5) is 0 Å². The first-order chi connectivity index (χ1) is 6.08. The fraction of sp³-hybridized carbons (Fsp3) is 0.455. The Hall–Kier alpha value is -0.340.